The molecule has 1 N–H and O–H groups in total. The average molecular weight is 423 g/mol. The van der Waals surface area contributed by atoms with Gasteiger partial charge in [0.2, 0.25) is 17.1 Å². The van der Waals surface area contributed by atoms with Crippen molar-refractivity contribution in [2.45, 2.75) is 24.7 Å². The van der Waals surface area contributed by atoms with Crippen LogP contribution in [-0.2, 0) is 9.47 Å². The normalized spacial score (nSPS) is 29.5. The summed E-state index contributed by atoms with van der Waals surface area (Å²) in [6.45, 7) is 1.60. The minimum absolute atomic E-state index is 0.397. The largest absolute Gasteiger partial charge is 0.497 e. The second kappa shape index (κ2) is 7.10. The third kappa shape index (κ3) is 2.45. The summed E-state index contributed by atoms with van der Waals surface area (Å²) in [4.78, 5) is 0. The Morgan fingerprint density at radius 2 is 1.50 bits per heavy atom. The number of nitriles is 4. The predicted molar refractivity (Wildman–Crippen MR) is 110 cm³/mol. The van der Waals surface area contributed by atoms with Gasteiger partial charge >= 0.3 is 0 Å². The first kappa shape index (κ1) is 20.9. The molecule has 2 aliphatic rings. The zero-order chi connectivity index (χ0) is 23.1. The van der Waals surface area contributed by atoms with E-state index in [-0.39, 0.29) is 0 Å². The minimum atomic E-state index is -2.09. The van der Waals surface area contributed by atoms with Crippen LogP contribution < -0.4 is 4.74 Å². The van der Waals surface area contributed by atoms with Crippen molar-refractivity contribution in [1.29, 1.82) is 26.5 Å². The van der Waals surface area contributed by atoms with Gasteiger partial charge in [-0.25, -0.2) is 0 Å². The maximum atomic E-state index is 10.4. The van der Waals surface area contributed by atoms with E-state index in [1.807, 2.05) is 18.2 Å². The number of nitrogens with one attached hydrogen (secondary N) is 1. The first-order valence-corrected chi connectivity index (χ1v) is 9.69. The van der Waals surface area contributed by atoms with E-state index in [1.165, 1.54) is 7.11 Å². The molecule has 32 heavy (non-hydrogen) atoms. The highest BCUT2D eigenvalue weighted by atomic mass is 16.7. The van der Waals surface area contributed by atoms with Crippen molar-refractivity contribution in [2.75, 3.05) is 7.11 Å². The van der Waals surface area contributed by atoms with Crippen LogP contribution in [0.15, 0.2) is 48.5 Å². The molecule has 4 unspecified atom stereocenters. The average Bonchev–Trinajstić information content (AvgIpc) is 3.01. The van der Waals surface area contributed by atoms with Crippen LogP contribution in [0.5, 0.6) is 5.75 Å². The summed E-state index contributed by atoms with van der Waals surface area (Å²) in [5.74, 6) is -2.31. The molecular weight excluding hydrogens is 406 g/mol. The van der Waals surface area contributed by atoms with Gasteiger partial charge in [0.1, 0.15) is 11.9 Å². The van der Waals surface area contributed by atoms with Crippen molar-refractivity contribution in [3.8, 4) is 30.0 Å². The number of hydrogen-bond donors (Lipinski definition) is 1. The third-order valence-corrected chi connectivity index (χ3v) is 6.31. The molecule has 0 amide bonds. The highest BCUT2D eigenvalue weighted by Gasteiger charge is 2.79. The van der Waals surface area contributed by atoms with Crippen LogP contribution in [0.25, 0.3) is 0 Å². The number of nitrogens with zero attached hydrogens (tertiary/aromatic N) is 4. The van der Waals surface area contributed by atoms with Crippen molar-refractivity contribution >= 4 is 5.90 Å². The molecular formula is C24H17N5O3. The Kier molecular flexibility index (Phi) is 4.64. The van der Waals surface area contributed by atoms with Gasteiger partial charge in [-0.3, -0.25) is 5.41 Å². The van der Waals surface area contributed by atoms with Gasteiger partial charge in [0.05, 0.1) is 42.9 Å². The first-order chi connectivity index (χ1) is 15.4. The number of fused-ring (bicyclic) bond motifs is 2. The van der Waals surface area contributed by atoms with Crippen molar-refractivity contribution < 1.29 is 14.2 Å². The smallest absolute Gasteiger partial charge is 0.218 e. The van der Waals surface area contributed by atoms with Crippen LogP contribution >= 0.6 is 0 Å². The molecule has 0 aliphatic carbocycles. The lowest BCUT2D eigenvalue weighted by molar-refractivity contribution is -0.253. The maximum absolute atomic E-state index is 10.4. The molecule has 4 rings (SSSR count). The standard InChI is InChI=1S/C24H17N5O3/c1-22-19(16-7-9-18(30-2)10-8-16)24(14-28,21(29)32-22)23(12-26,13-27)20(31-22)17-5-3-15(11-25)4-6-17/h3-10,19-20,29H,1-2H3. The van der Waals surface area contributed by atoms with E-state index >= 15 is 0 Å². The molecule has 0 aromatic heterocycles. The molecule has 2 aromatic carbocycles. The molecule has 0 saturated carbocycles. The zero-order valence-corrected chi connectivity index (χ0v) is 17.3. The molecule has 8 nitrogen and oxygen atoms in total. The van der Waals surface area contributed by atoms with E-state index in [4.69, 9.17) is 24.9 Å². The fourth-order valence-electron chi connectivity index (χ4n) is 4.82. The van der Waals surface area contributed by atoms with Crippen molar-refractivity contribution in [3.05, 3.63) is 65.2 Å². The highest BCUT2D eigenvalue weighted by molar-refractivity contribution is 5.90. The Hall–Kier alpha value is -4.37. The number of rotatable bonds is 3. The van der Waals surface area contributed by atoms with Gasteiger partial charge in [0.25, 0.3) is 0 Å². The van der Waals surface area contributed by atoms with Gasteiger partial charge in [-0.15, -0.1) is 0 Å². The predicted octanol–water partition coefficient (Wildman–Crippen LogP) is 3.69. The number of ether oxygens (including phenoxy) is 3. The Labute approximate surface area is 184 Å². The second-order valence-electron chi connectivity index (χ2n) is 7.84. The highest BCUT2D eigenvalue weighted by Crippen LogP contribution is 2.69. The summed E-state index contributed by atoms with van der Waals surface area (Å²) in [6.07, 6.45) is -1.19. The molecule has 2 saturated heterocycles. The Morgan fingerprint density at radius 3 is 2.00 bits per heavy atom. The monoisotopic (exact) mass is 423 g/mol. The van der Waals surface area contributed by atoms with Crippen LogP contribution in [0.3, 0.4) is 0 Å². The van der Waals surface area contributed by atoms with Crippen molar-refractivity contribution in [3.63, 3.8) is 0 Å². The summed E-state index contributed by atoms with van der Waals surface area (Å²) < 4.78 is 17.3. The molecule has 2 aromatic rings. The summed E-state index contributed by atoms with van der Waals surface area (Å²) in [5, 5.41) is 48.7. The maximum Gasteiger partial charge on any atom is 0.218 e. The lowest BCUT2D eigenvalue weighted by atomic mass is 9.52. The first-order valence-electron chi connectivity index (χ1n) is 9.69. The quantitative estimate of drug-likeness (QED) is 0.791. The molecule has 8 heteroatoms. The second-order valence-corrected chi connectivity index (χ2v) is 7.84. The number of methoxy groups -OCH3 is 1. The van der Waals surface area contributed by atoms with Gasteiger partial charge in [-0.1, -0.05) is 24.3 Å². The molecule has 2 aliphatic heterocycles. The van der Waals surface area contributed by atoms with Crippen molar-refractivity contribution in [2.24, 2.45) is 10.8 Å². The molecule has 0 radical (unpaired) electrons. The Balaban J connectivity index is 1.98. The van der Waals surface area contributed by atoms with Gasteiger partial charge < -0.3 is 14.2 Å². The summed E-state index contributed by atoms with van der Waals surface area (Å²) >= 11 is 0. The van der Waals surface area contributed by atoms with Gasteiger partial charge in [0, 0.05) is 6.92 Å². The number of hydrogen-bond acceptors (Lipinski definition) is 8. The van der Waals surface area contributed by atoms with Gasteiger partial charge in [0.15, 0.2) is 5.41 Å². The Morgan fingerprint density at radius 1 is 0.906 bits per heavy atom. The van der Waals surface area contributed by atoms with Crippen molar-refractivity contribution in [1.82, 2.24) is 0 Å². The molecule has 156 valence electrons. The molecule has 0 spiro atoms. The molecule has 2 fully saturated rings. The fraction of sp³-hybridized carbons (Fsp3) is 0.292. The van der Waals surface area contributed by atoms with E-state index in [0.717, 1.165) is 0 Å². The van der Waals surface area contributed by atoms with E-state index in [1.54, 1.807) is 55.5 Å². The summed E-state index contributed by atoms with van der Waals surface area (Å²) in [5.41, 5.74) is -2.62. The van der Waals surface area contributed by atoms with E-state index in [9.17, 15) is 15.8 Å². The SMILES string of the molecule is COc1ccc(C2C3(C)OC(=N)C2(C#N)C(C#N)(C#N)C(c2ccc(C#N)cc2)O3)cc1. The van der Waals surface area contributed by atoms with Crippen LogP contribution in [-0.4, -0.2) is 18.8 Å². The molecule has 2 bridgehead atoms. The van der Waals surface area contributed by atoms with Gasteiger partial charge in [-0.2, -0.15) is 21.0 Å². The summed E-state index contributed by atoms with van der Waals surface area (Å²) in [6, 6.07) is 21.2. The van der Waals surface area contributed by atoms with E-state index < -0.39 is 34.5 Å². The number of benzene rings is 2. The zero-order valence-electron chi connectivity index (χ0n) is 17.3. The lowest BCUT2D eigenvalue weighted by Gasteiger charge is -2.48. The fourth-order valence-corrected chi connectivity index (χ4v) is 4.82. The third-order valence-electron chi connectivity index (χ3n) is 6.31. The lowest BCUT2D eigenvalue weighted by Crippen LogP contribution is -2.57. The van der Waals surface area contributed by atoms with Crippen LogP contribution in [0.1, 0.15) is 35.6 Å². The van der Waals surface area contributed by atoms with Crippen LogP contribution in [0.4, 0.5) is 0 Å². The minimum Gasteiger partial charge on any atom is -0.497 e. The topological polar surface area (TPSA) is 147 Å². The van der Waals surface area contributed by atoms with Crippen LogP contribution in [0, 0.1) is 61.6 Å². The van der Waals surface area contributed by atoms with E-state index in [0.29, 0.717) is 22.4 Å². The summed E-state index contributed by atoms with van der Waals surface area (Å²) in [7, 11) is 1.53. The van der Waals surface area contributed by atoms with Crippen LogP contribution in [0.2, 0.25) is 0 Å². The molecule has 2 heterocycles. The molecule has 4 atom stereocenters. The van der Waals surface area contributed by atoms with E-state index in [2.05, 4.69) is 6.07 Å². The Bertz CT molecular complexity index is 1250. The van der Waals surface area contributed by atoms with Gasteiger partial charge in [-0.05, 0) is 35.4 Å².